The van der Waals surface area contributed by atoms with Gasteiger partial charge in [-0.15, -0.1) is 0 Å². The van der Waals surface area contributed by atoms with E-state index in [-0.39, 0.29) is 6.10 Å². The molecule has 1 N–H and O–H groups in total. The van der Waals surface area contributed by atoms with Gasteiger partial charge in [-0.3, -0.25) is 0 Å². The van der Waals surface area contributed by atoms with Crippen LogP contribution in [0.15, 0.2) is 0 Å². The Hall–Kier alpha value is -0.590. The Morgan fingerprint density at radius 1 is 1.44 bits per heavy atom. The average molecular weight is 222 g/mol. The molecule has 2 fully saturated rings. The topological polar surface area (TPSA) is 45.0 Å². The zero-order chi connectivity index (χ0) is 11.5. The molecule has 0 spiro atoms. The van der Waals surface area contributed by atoms with Crippen LogP contribution >= 0.6 is 0 Å². The predicted octanol–water partition coefficient (Wildman–Crippen LogP) is 2.22. The lowest BCUT2D eigenvalue weighted by Crippen LogP contribution is -2.45. The predicted molar refractivity (Wildman–Crippen MR) is 62.9 cm³/mol. The molecule has 1 saturated carbocycles. The number of hydrogen-bond donors (Lipinski definition) is 1. The molecule has 0 aromatic heterocycles. The van der Waals surface area contributed by atoms with Crippen molar-refractivity contribution in [1.82, 2.24) is 5.32 Å². The summed E-state index contributed by atoms with van der Waals surface area (Å²) in [6, 6.07) is 3.37. The van der Waals surface area contributed by atoms with Crippen LogP contribution in [-0.2, 0) is 4.74 Å². The van der Waals surface area contributed by atoms with Gasteiger partial charge < -0.3 is 10.1 Å². The zero-order valence-corrected chi connectivity index (χ0v) is 10.3. The maximum absolute atomic E-state index is 8.73. The summed E-state index contributed by atoms with van der Waals surface area (Å²) < 4.78 is 5.96. The highest BCUT2D eigenvalue weighted by molar-refractivity contribution is 4.96. The van der Waals surface area contributed by atoms with Crippen molar-refractivity contribution in [3.05, 3.63) is 0 Å². The molecule has 3 nitrogen and oxygen atoms in total. The lowest BCUT2D eigenvalue weighted by atomic mass is 9.80. The number of nitriles is 1. The molecule has 90 valence electrons. The van der Waals surface area contributed by atoms with Gasteiger partial charge in [0.05, 0.1) is 24.7 Å². The highest BCUT2D eigenvalue weighted by atomic mass is 16.5. The number of ether oxygens (including phenoxy) is 1. The Bertz CT molecular complexity index is 272. The van der Waals surface area contributed by atoms with Gasteiger partial charge in [0.25, 0.3) is 0 Å². The van der Waals surface area contributed by atoms with E-state index in [0.717, 1.165) is 6.42 Å². The van der Waals surface area contributed by atoms with E-state index in [9.17, 15) is 0 Å². The van der Waals surface area contributed by atoms with Gasteiger partial charge in [0, 0.05) is 18.0 Å². The summed E-state index contributed by atoms with van der Waals surface area (Å²) in [6.07, 6.45) is 5.93. The van der Waals surface area contributed by atoms with Gasteiger partial charge in [0.15, 0.2) is 0 Å². The van der Waals surface area contributed by atoms with E-state index in [1.165, 1.54) is 19.3 Å². The maximum atomic E-state index is 8.73. The molecule has 3 heteroatoms. The van der Waals surface area contributed by atoms with Crippen LogP contribution in [0.2, 0.25) is 0 Å². The largest absolute Gasteiger partial charge is 0.374 e. The molecule has 1 aliphatic carbocycles. The van der Waals surface area contributed by atoms with Gasteiger partial charge in [-0.2, -0.15) is 5.26 Å². The molecule has 0 bridgehead atoms. The maximum Gasteiger partial charge on any atom is 0.0713 e. The van der Waals surface area contributed by atoms with Gasteiger partial charge in [-0.05, 0) is 25.7 Å². The molecule has 0 aromatic carbocycles. The van der Waals surface area contributed by atoms with Gasteiger partial charge in [-0.1, -0.05) is 13.8 Å². The van der Waals surface area contributed by atoms with Crippen molar-refractivity contribution in [2.45, 2.75) is 70.2 Å². The number of nitrogens with zero attached hydrogens (tertiary/aromatic N) is 1. The van der Waals surface area contributed by atoms with E-state index in [0.29, 0.717) is 30.5 Å². The van der Waals surface area contributed by atoms with E-state index in [2.05, 4.69) is 25.2 Å². The molecular formula is C13H22N2O. The molecule has 4 unspecified atom stereocenters. The molecule has 2 aliphatic rings. The van der Waals surface area contributed by atoms with Crippen LogP contribution in [0.1, 0.15) is 46.0 Å². The van der Waals surface area contributed by atoms with Crippen LogP contribution in [0, 0.1) is 17.2 Å². The number of rotatable bonds is 3. The lowest BCUT2D eigenvalue weighted by molar-refractivity contribution is 0.0133. The third-order valence-corrected chi connectivity index (χ3v) is 3.77. The third-order valence-electron chi connectivity index (χ3n) is 3.77. The molecule has 2 rings (SSSR count). The van der Waals surface area contributed by atoms with Crippen molar-refractivity contribution in [2.24, 2.45) is 5.92 Å². The van der Waals surface area contributed by atoms with Crippen LogP contribution in [0.5, 0.6) is 0 Å². The summed E-state index contributed by atoms with van der Waals surface area (Å²) >= 11 is 0. The summed E-state index contributed by atoms with van der Waals surface area (Å²) in [5.74, 6) is 0.634. The molecule has 0 amide bonds. The van der Waals surface area contributed by atoms with Crippen molar-refractivity contribution in [1.29, 1.82) is 5.26 Å². The standard InChI is InChI=1S/C13H22N2O/c1-9(2)15-12-4-3-5-13-11(12)8-10(16-13)6-7-14/h9-13,15H,3-6,8H2,1-2H3. The second-order valence-corrected chi connectivity index (χ2v) is 5.42. The minimum atomic E-state index is 0.189. The Morgan fingerprint density at radius 3 is 2.94 bits per heavy atom. The third kappa shape index (κ3) is 2.56. The van der Waals surface area contributed by atoms with Crippen LogP contribution in [-0.4, -0.2) is 24.3 Å². The second kappa shape index (κ2) is 5.16. The Labute approximate surface area is 98.2 Å². The van der Waals surface area contributed by atoms with Crippen molar-refractivity contribution in [2.75, 3.05) is 0 Å². The minimum Gasteiger partial charge on any atom is -0.374 e. The smallest absolute Gasteiger partial charge is 0.0713 e. The summed E-state index contributed by atoms with van der Waals surface area (Å²) in [6.45, 7) is 4.40. The summed E-state index contributed by atoms with van der Waals surface area (Å²) in [5.41, 5.74) is 0. The van der Waals surface area contributed by atoms with Crippen molar-refractivity contribution < 1.29 is 4.74 Å². The molecule has 0 aromatic rings. The molecule has 16 heavy (non-hydrogen) atoms. The minimum absolute atomic E-state index is 0.189. The van der Waals surface area contributed by atoms with Crippen molar-refractivity contribution in [3.8, 4) is 6.07 Å². The normalized spacial score (nSPS) is 38.4. The first-order valence-electron chi connectivity index (χ1n) is 6.49. The van der Waals surface area contributed by atoms with E-state index < -0.39 is 0 Å². The SMILES string of the molecule is CC(C)NC1CCCC2OC(CC#N)CC12. The van der Waals surface area contributed by atoms with Crippen molar-refractivity contribution >= 4 is 0 Å². The summed E-state index contributed by atoms with van der Waals surface area (Å²) in [4.78, 5) is 0. The Kier molecular flexibility index (Phi) is 3.83. The number of nitrogens with one attached hydrogen (secondary N) is 1. The van der Waals surface area contributed by atoms with Gasteiger partial charge in [-0.25, -0.2) is 0 Å². The fraction of sp³-hybridized carbons (Fsp3) is 0.923. The number of hydrogen-bond acceptors (Lipinski definition) is 3. The Morgan fingerprint density at radius 2 is 2.25 bits per heavy atom. The van der Waals surface area contributed by atoms with E-state index >= 15 is 0 Å². The quantitative estimate of drug-likeness (QED) is 0.796. The summed E-state index contributed by atoms with van der Waals surface area (Å²) in [7, 11) is 0. The van der Waals surface area contributed by atoms with E-state index in [1.807, 2.05) is 0 Å². The van der Waals surface area contributed by atoms with Crippen LogP contribution < -0.4 is 5.32 Å². The second-order valence-electron chi connectivity index (χ2n) is 5.42. The molecule has 1 saturated heterocycles. The van der Waals surface area contributed by atoms with Gasteiger partial charge in [0.1, 0.15) is 0 Å². The molecule has 4 atom stereocenters. The fourth-order valence-corrected chi connectivity index (χ4v) is 3.19. The average Bonchev–Trinajstić information content (AvgIpc) is 2.61. The highest BCUT2D eigenvalue weighted by Gasteiger charge is 2.41. The van der Waals surface area contributed by atoms with E-state index in [1.54, 1.807) is 0 Å². The first-order chi connectivity index (χ1) is 7.70. The monoisotopic (exact) mass is 222 g/mol. The lowest BCUT2D eigenvalue weighted by Gasteiger charge is -2.34. The van der Waals surface area contributed by atoms with Gasteiger partial charge in [0.2, 0.25) is 0 Å². The molecule has 1 aliphatic heterocycles. The van der Waals surface area contributed by atoms with E-state index in [4.69, 9.17) is 10.00 Å². The summed E-state index contributed by atoms with van der Waals surface area (Å²) in [5, 5.41) is 12.4. The molecule has 1 heterocycles. The first-order valence-corrected chi connectivity index (χ1v) is 6.49. The molecule has 0 radical (unpaired) electrons. The van der Waals surface area contributed by atoms with Gasteiger partial charge >= 0.3 is 0 Å². The van der Waals surface area contributed by atoms with Crippen LogP contribution in [0.25, 0.3) is 0 Å². The number of fused-ring (bicyclic) bond motifs is 1. The zero-order valence-electron chi connectivity index (χ0n) is 10.3. The fourth-order valence-electron chi connectivity index (χ4n) is 3.19. The van der Waals surface area contributed by atoms with Crippen molar-refractivity contribution in [3.63, 3.8) is 0 Å². The molecular weight excluding hydrogens is 200 g/mol. The van der Waals surface area contributed by atoms with Crippen LogP contribution in [0.4, 0.5) is 0 Å². The Balaban J connectivity index is 1.95. The highest BCUT2D eigenvalue weighted by Crippen LogP contribution is 2.38. The van der Waals surface area contributed by atoms with Crippen LogP contribution in [0.3, 0.4) is 0 Å². The first kappa shape index (κ1) is 11.9.